The number of hydrogen-bond donors (Lipinski definition) is 2. The molecule has 4 nitrogen and oxygen atoms in total. The summed E-state index contributed by atoms with van der Waals surface area (Å²) < 4.78 is 0. The van der Waals surface area contributed by atoms with Gasteiger partial charge in [-0.05, 0) is 12.1 Å². The monoisotopic (exact) mass is 255 g/mol. The molecule has 0 aromatic heterocycles. The lowest BCUT2D eigenvalue weighted by molar-refractivity contribution is -0.117. The Morgan fingerprint density at radius 2 is 2.18 bits per heavy atom. The van der Waals surface area contributed by atoms with Crippen LogP contribution in [0.15, 0.2) is 18.2 Å². The summed E-state index contributed by atoms with van der Waals surface area (Å²) in [5.41, 5.74) is 1.31. The number of aliphatic hydroxyl groups is 2. The standard InChI is InChI=1S/C12H14ClNO3/c13-10-2-1-9(7-16)11(4-10)14-5-8(6-15)3-12(14)17/h1-2,4,8,15-16H,3,5-7H2. The van der Waals surface area contributed by atoms with Gasteiger partial charge < -0.3 is 15.1 Å². The van der Waals surface area contributed by atoms with Crippen molar-refractivity contribution in [3.63, 3.8) is 0 Å². The summed E-state index contributed by atoms with van der Waals surface area (Å²) in [4.78, 5) is 13.4. The van der Waals surface area contributed by atoms with E-state index in [1.54, 1.807) is 23.1 Å². The van der Waals surface area contributed by atoms with E-state index in [0.29, 0.717) is 29.2 Å². The Bertz CT molecular complexity index is 436. The molecule has 2 rings (SSSR count). The molecule has 5 heteroatoms. The van der Waals surface area contributed by atoms with Crippen molar-refractivity contribution >= 4 is 23.2 Å². The fourth-order valence-corrected chi connectivity index (χ4v) is 2.23. The molecule has 1 fully saturated rings. The average Bonchev–Trinajstić information content (AvgIpc) is 2.70. The first-order valence-corrected chi connectivity index (χ1v) is 5.84. The molecule has 1 aromatic rings. The lowest BCUT2D eigenvalue weighted by atomic mass is 10.1. The topological polar surface area (TPSA) is 60.8 Å². The number of amides is 1. The summed E-state index contributed by atoms with van der Waals surface area (Å²) in [6.07, 6.45) is 0.341. The highest BCUT2D eigenvalue weighted by Crippen LogP contribution is 2.30. The first-order valence-electron chi connectivity index (χ1n) is 5.46. The van der Waals surface area contributed by atoms with E-state index >= 15 is 0 Å². The minimum atomic E-state index is -0.139. The second-order valence-electron chi connectivity index (χ2n) is 4.19. The molecule has 0 bridgehead atoms. The van der Waals surface area contributed by atoms with Crippen molar-refractivity contribution in [3.8, 4) is 0 Å². The van der Waals surface area contributed by atoms with Crippen LogP contribution in [-0.2, 0) is 11.4 Å². The van der Waals surface area contributed by atoms with Gasteiger partial charge in [-0.3, -0.25) is 4.79 Å². The van der Waals surface area contributed by atoms with Crippen LogP contribution in [0.3, 0.4) is 0 Å². The lowest BCUT2D eigenvalue weighted by Gasteiger charge is -2.19. The Hall–Kier alpha value is -1.10. The number of benzene rings is 1. The molecule has 1 aliphatic rings. The van der Waals surface area contributed by atoms with E-state index < -0.39 is 0 Å². The SMILES string of the molecule is O=C1CC(CO)CN1c1cc(Cl)ccc1CO. The molecule has 1 saturated heterocycles. The van der Waals surface area contributed by atoms with Crippen LogP contribution >= 0.6 is 11.6 Å². The van der Waals surface area contributed by atoms with Crippen LogP contribution < -0.4 is 4.90 Å². The first-order chi connectivity index (χ1) is 8.15. The van der Waals surface area contributed by atoms with Crippen molar-refractivity contribution in [3.05, 3.63) is 28.8 Å². The van der Waals surface area contributed by atoms with Crippen molar-refractivity contribution in [1.82, 2.24) is 0 Å². The van der Waals surface area contributed by atoms with Gasteiger partial charge in [0.15, 0.2) is 0 Å². The number of carbonyl (C=O) groups excluding carboxylic acids is 1. The predicted molar refractivity (Wildman–Crippen MR) is 64.9 cm³/mol. The summed E-state index contributed by atoms with van der Waals surface area (Å²) in [7, 11) is 0. The smallest absolute Gasteiger partial charge is 0.227 e. The van der Waals surface area contributed by atoms with E-state index in [1.807, 2.05) is 0 Å². The van der Waals surface area contributed by atoms with Crippen LogP contribution in [0.25, 0.3) is 0 Å². The maximum Gasteiger partial charge on any atom is 0.227 e. The van der Waals surface area contributed by atoms with Gasteiger partial charge in [0.05, 0.1) is 12.3 Å². The van der Waals surface area contributed by atoms with Crippen molar-refractivity contribution in [2.75, 3.05) is 18.1 Å². The summed E-state index contributed by atoms with van der Waals surface area (Å²) >= 11 is 5.90. The number of nitrogens with zero attached hydrogens (tertiary/aromatic N) is 1. The number of halogens is 1. The van der Waals surface area contributed by atoms with Crippen LogP contribution in [0.5, 0.6) is 0 Å². The van der Waals surface area contributed by atoms with Crippen LogP contribution in [0.4, 0.5) is 5.69 Å². The van der Waals surface area contributed by atoms with Gasteiger partial charge in [0.1, 0.15) is 0 Å². The van der Waals surface area contributed by atoms with Gasteiger partial charge in [-0.2, -0.15) is 0 Å². The fraction of sp³-hybridized carbons (Fsp3) is 0.417. The van der Waals surface area contributed by atoms with Crippen LogP contribution in [0, 0.1) is 5.92 Å². The third-order valence-electron chi connectivity index (χ3n) is 2.97. The zero-order valence-electron chi connectivity index (χ0n) is 9.27. The molecular weight excluding hydrogens is 242 g/mol. The zero-order chi connectivity index (χ0) is 12.4. The number of anilines is 1. The highest BCUT2D eigenvalue weighted by atomic mass is 35.5. The predicted octanol–water partition coefficient (Wildman–Crippen LogP) is 1.18. The van der Waals surface area contributed by atoms with E-state index in [4.69, 9.17) is 16.7 Å². The third kappa shape index (κ3) is 2.44. The molecule has 2 N–H and O–H groups in total. The highest BCUT2D eigenvalue weighted by Gasteiger charge is 2.31. The minimum Gasteiger partial charge on any atom is -0.396 e. The van der Waals surface area contributed by atoms with Crippen LogP contribution in [-0.4, -0.2) is 29.3 Å². The normalized spacial score (nSPS) is 20.1. The summed E-state index contributed by atoms with van der Waals surface area (Å²) in [5.74, 6) is -0.0750. The van der Waals surface area contributed by atoms with Crippen molar-refractivity contribution in [1.29, 1.82) is 0 Å². The number of carbonyl (C=O) groups is 1. The summed E-state index contributed by atoms with van der Waals surface area (Å²) in [5, 5.41) is 18.8. The third-order valence-corrected chi connectivity index (χ3v) is 3.21. The molecule has 1 aliphatic heterocycles. The Balaban J connectivity index is 2.33. The Morgan fingerprint density at radius 3 is 2.76 bits per heavy atom. The Labute approximate surface area is 104 Å². The van der Waals surface area contributed by atoms with E-state index in [1.165, 1.54) is 0 Å². The molecule has 1 unspecified atom stereocenters. The fourth-order valence-electron chi connectivity index (χ4n) is 2.06. The number of rotatable bonds is 3. The maximum absolute atomic E-state index is 11.8. The lowest BCUT2D eigenvalue weighted by Crippen LogP contribution is -2.26. The first kappa shape index (κ1) is 12.4. The molecule has 0 radical (unpaired) electrons. The van der Waals surface area contributed by atoms with Crippen LogP contribution in [0.2, 0.25) is 5.02 Å². The molecule has 0 spiro atoms. The number of aliphatic hydroxyl groups excluding tert-OH is 2. The molecule has 0 aliphatic carbocycles. The molecular formula is C12H14ClNO3. The highest BCUT2D eigenvalue weighted by molar-refractivity contribution is 6.31. The Morgan fingerprint density at radius 1 is 1.41 bits per heavy atom. The second-order valence-corrected chi connectivity index (χ2v) is 4.62. The van der Waals surface area contributed by atoms with E-state index in [2.05, 4.69) is 0 Å². The molecule has 1 aromatic carbocycles. The molecule has 92 valence electrons. The molecule has 1 atom stereocenters. The van der Waals surface area contributed by atoms with Gasteiger partial charge in [-0.1, -0.05) is 17.7 Å². The van der Waals surface area contributed by atoms with Crippen LogP contribution in [0.1, 0.15) is 12.0 Å². The summed E-state index contributed by atoms with van der Waals surface area (Å²) in [6, 6.07) is 5.06. The Kier molecular flexibility index (Phi) is 3.66. The van der Waals surface area contributed by atoms with E-state index in [9.17, 15) is 9.90 Å². The van der Waals surface area contributed by atoms with Gasteiger partial charge in [0.2, 0.25) is 5.91 Å². The van der Waals surface area contributed by atoms with Gasteiger partial charge in [-0.25, -0.2) is 0 Å². The average molecular weight is 256 g/mol. The zero-order valence-corrected chi connectivity index (χ0v) is 10.0. The minimum absolute atomic E-state index is 0.00271. The molecule has 1 heterocycles. The van der Waals surface area contributed by atoms with Gasteiger partial charge in [0.25, 0.3) is 0 Å². The van der Waals surface area contributed by atoms with Gasteiger partial charge in [0, 0.05) is 36.1 Å². The molecule has 0 saturated carbocycles. The van der Waals surface area contributed by atoms with Gasteiger partial charge >= 0.3 is 0 Å². The van der Waals surface area contributed by atoms with E-state index in [0.717, 1.165) is 0 Å². The largest absolute Gasteiger partial charge is 0.396 e. The van der Waals surface area contributed by atoms with Crippen molar-refractivity contribution < 1.29 is 15.0 Å². The quantitative estimate of drug-likeness (QED) is 0.853. The number of hydrogen-bond acceptors (Lipinski definition) is 3. The van der Waals surface area contributed by atoms with E-state index in [-0.39, 0.29) is 25.0 Å². The second kappa shape index (κ2) is 5.04. The van der Waals surface area contributed by atoms with Crippen molar-refractivity contribution in [2.24, 2.45) is 5.92 Å². The molecule has 1 amide bonds. The molecule has 17 heavy (non-hydrogen) atoms. The maximum atomic E-state index is 11.8. The summed E-state index contributed by atoms with van der Waals surface area (Å²) in [6.45, 7) is 0.333. The van der Waals surface area contributed by atoms with Crippen molar-refractivity contribution in [2.45, 2.75) is 13.0 Å². The van der Waals surface area contributed by atoms with Gasteiger partial charge in [-0.15, -0.1) is 0 Å².